The van der Waals surface area contributed by atoms with Gasteiger partial charge < -0.3 is 15.0 Å². The van der Waals surface area contributed by atoms with Crippen molar-refractivity contribution in [1.29, 1.82) is 0 Å². The number of rotatable bonds is 5. The normalized spacial score (nSPS) is 17.2. The van der Waals surface area contributed by atoms with Gasteiger partial charge in [0.15, 0.2) is 12.4 Å². The van der Waals surface area contributed by atoms with Crippen molar-refractivity contribution in [3.05, 3.63) is 30.1 Å². The van der Waals surface area contributed by atoms with E-state index in [2.05, 4.69) is 20.7 Å². The van der Waals surface area contributed by atoms with E-state index in [1.54, 1.807) is 16.6 Å². The number of carbonyl (C=O) groups is 2. The molecular formula is C19H24N6O3. The van der Waals surface area contributed by atoms with Gasteiger partial charge in [0, 0.05) is 25.9 Å². The highest BCUT2D eigenvalue weighted by Crippen LogP contribution is 2.31. The molecule has 0 radical (unpaired) electrons. The Balaban J connectivity index is 1.37. The Labute approximate surface area is 163 Å². The summed E-state index contributed by atoms with van der Waals surface area (Å²) in [6.45, 7) is 2.19. The van der Waals surface area contributed by atoms with Crippen LogP contribution in [-0.2, 0) is 16.6 Å². The minimum absolute atomic E-state index is 0.0124. The van der Waals surface area contributed by atoms with Crippen LogP contribution < -0.4 is 20.3 Å². The lowest BCUT2D eigenvalue weighted by Gasteiger charge is -2.29. The number of benzene rings is 1. The lowest BCUT2D eigenvalue weighted by molar-refractivity contribution is -0.121. The smallest absolute Gasteiger partial charge is 0.265 e. The average Bonchev–Trinajstić information content (AvgIpc) is 3.08. The number of hydrogen-bond donors (Lipinski definition) is 2. The maximum absolute atomic E-state index is 12.4. The van der Waals surface area contributed by atoms with Crippen molar-refractivity contribution in [3.63, 3.8) is 0 Å². The second kappa shape index (κ2) is 7.97. The molecule has 2 aliphatic heterocycles. The van der Waals surface area contributed by atoms with Gasteiger partial charge in [-0.05, 0) is 38.1 Å². The molecular weight excluding hydrogens is 360 g/mol. The number of amides is 2. The first-order valence-electron chi connectivity index (χ1n) is 9.55. The van der Waals surface area contributed by atoms with Crippen molar-refractivity contribution < 1.29 is 14.3 Å². The quantitative estimate of drug-likeness (QED) is 0.799. The number of piperidine rings is 1. The van der Waals surface area contributed by atoms with Gasteiger partial charge in [0.25, 0.3) is 5.91 Å². The van der Waals surface area contributed by atoms with Crippen LogP contribution in [0.4, 0.5) is 11.6 Å². The zero-order chi connectivity index (χ0) is 19.5. The Morgan fingerprint density at radius 2 is 2.11 bits per heavy atom. The molecule has 1 saturated heterocycles. The van der Waals surface area contributed by atoms with Crippen LogP contribution in [0.15, 0.2) is 24.3 Å². The molecule has 1 aromatic carbocycles. The van der Waals surface area contributed by atoms with Crippen LogP contribution in [0.25, 0.3) is 0 Å². The highest BCUT2D eigenvalue weighted by atomic mass is 16.5. The fourth-order valence-electron chi connectivity index (χ4n) is 3.57. The van der Waals surface area contributed by atoms with Crippen LogP contribution in [0, 0.1) is 0 Å². The molecule has 4 rings (SSSR count). The van der Waals surface area contributed by atoms with Crippen LogP contribution in [0.2, 0.25) is 0 Å². The third-order valence-electron chi connectivity index (χ3n) is 5.11. The summed E-state index contributed by atoms with van der Waals surface area (Å²) in [5, 5.41) is 10.6. The van der Waals surface area contributed by atoms with Gasteiger partial charge in [0.1, 0.15) is 5.75 Å². The first-order valence-corrected chi connectivity index (χ1v) is 9.55. The molecule has 148 valence electrons. The van der Waals surface area contributed by atoms with Gasteiger partial charge in [0.2, 0.25) is 11.9 Å². The van der Waals surface area contributed by atoms with Crippen molar-refractivity contribution in [2.75, 3.05) is 36.5 Å². The molecule has 9 nitrogen and oxygen atoms in total. The zero-order valence-corrected chi connectivity index (χ0v) is 15.9. The molecule has 9 heteroatoms. The fraction of sp³-hybridized carbons (Fsp3) is 0.474. The molecule has 28 heavy (non-hydrogen) atoms. The summed E-state index contributed by atoms with van der Waals surface area (Å²) in [6.07, 6.45) is 2.15. The summed E-state index contributed by atoms with van der Waals surface area (Å²) in [6, 6.07) is 7.33. The van der Waals surface area contributed by atoms with E-state index >= 15 is 0 Å². The van der Waals surface area contributed by atoms with Gasteiger partial charge in [-0.25, -0.2) is 4.68 Å². The Morgan fingerprint density at radius 1 is 1.32 bits per heavy atom. The van der Waals surface area contributed by atoms with Gasteiger partial charge >= 0.3 is 0 Å². The Bertz CT molecular complexity index is 874. The van der Waals surface area contributed by atoms with Crippen molar-refractivity contribution in [3.8, 4) is 5.75 Å². The number of aryl methyl sites for hydroxylation is 1. The zero-order valence-electron chi connectivity index (χ0n) is 15.9. The molecule has 1 aromatic heterocycles. The predicted molar refractivity (Wildman–Crippen MR) is 103 cm³/mol. The van der Waals surface area contributed by atoms with Crippen LogP contribution in [0.3, 0.4) is 0 Å². The van der Waals surface area contributed by atoms with Crippen molar-refractivity contribution in [2.24, 2.45) is 7.05 Å². The maximum atomic E-state index is 12.4. The van der Waals surface area contributed by atoms with Gasteiger partial charge in [-0.3, -0.25) is 14.9 Å². The van der Waals surface area contributed by atoms with E-state index < -0.39 is 0 Å². The second-order valence-corrected chi connectivity index (χ2v) is 7.04. The molecule has 0 spiro atoms. The molecule has 3 heterocycles. The van der Waals surface area contributed by atoms with E-state index in [0.717, 1.165) is 31.8 Å². The summed E-state index contributed by atoms with van der Waals surface area (Å²) in [4.78, 5) is 30.7. The minimum Gasteiger partial charge on any atom is -0.482 e. The summed E-state index contributed by atoms with van der Waals surface area (Å²) in [7, 11) is 1.77. The number of nitrogens with zero attached hydrogens (tertiary/aromatic N) is 4. The first kappa shape index (κ1) is 18.4. The Kier molecular flexibility index (Phi) is 5.25. The lowest BCUT2D eigenvalue weighted by atomic mass is 9.98. The van der Waals surface area contributed by atoms with Gasteiger partial charge in [0.05, 0.1) is 5.69 Å². The van der Waals surface area contributed by atoms with Crippen LogP contribution in [-0.4, -0.2) is 52.8 Å². The molecule has 0 bridgehead atoms. The number of para-hydroxylation sites is 2. The highest BCUT2D eigenvalue weighted by Gasteiger charge is 2.26. The highest BCUT2D eigenvalue weighted by molar-refractivity contribution is 5.99. The Morgan fingerprint density at radius 3 is 2.93 bits per heavy atom. The van der Waals surface area contributed by atoms with Gasteiger partial charge in [-0.2, -0.15) is 10.1 Å². The molecule has 2 N–H and O–H groups in total. The number of fused-ring (bicyclic) bond motifs is 1. The number of anilines is 2. The van der Waals surface area contributed by atoms with E-state index in [-0.39, 0.29) is 31.4 Å². The maximum Gasteiger partial charge on any atom is 0.265 e. The number of hydrogen-bond acceptors (Lipinski definition) is 6. The summed E-state index contributed by atoms with van der Waals surface area (Å²) >= 11 is 0. The van der Waals surface area contributed by atoms with E-state index in [4.69, 9.17) is 4.74 Å². The third-order valence-corrected chi connectivity index (χ3v) is 5.11. The van der Waals surface area contributed by atoms with Crippen LogP contribution in [0.1, 0.15) is 31.0 Å². The molecule has 0 aliphatic carbocycles. The number of ether oxygens (including phenoxy) is 1. The Hall–Kier alpha value is -2.94. The SMILES string of the molecule is Cn1nc(C2CCNCC2)nc1NC(=O)CCN1C(=O)COc2ccccc21. The second-order valence-electron chi connectivity index (χ2n) is 7.04. The van der Waals surface area contributed by atoms with Gasteiger partial charge in [-0.15, -0.1) is 0 Å². The minimum atomic E-state index is -0.205. The average molecular weight is 384 g/mol. The molecule has 0 unspecified atom stereocenters. The number of aromatic nitrogens is 3. The molecule has 2 aliphatic rings. The van der Waals surface area contributed by atoms with Crippen molar-refractivity contribution in [2.45, 2.75) is 25.2 Å². The lowest BCUT2D eigenvalue weighted by Crippen LogP contribution is -2.40. The van der Waals surface area contributed by atoms with Crippen molar-refractivity contribution >= 4 is 23.5 Å². The van der Waals surface area contributed by atoms with E-state index in [1.165, 1.54) is 0 Å². The van der Waals surface area contributed by atoms with Crippen LogP contribution >= 0.6 is 0 Å². The van der Waals surface area contributed by atoms with E-state index in [1.807, 2.05) is 24.3 Å². The summed E-state index contributed by atoms with van der Waals surface area (Å²) < 4.78 is 7.03. The molecule has 0 atom stereocenters. The first-order chi connectivity index (χ1) is 13.6. The van der Waals surface area contributed by atoms with Gasteiger partial charge in [-0.1, -0.05) is 12.1 Å². The third kappa shape index (κ3) is 3.84. The largest absolute Gasteiger partial charge is 0.482 e. The van der Waals surface area contributed by atoms with E-state index in [9.17, 15) is 9.59 Å². The number of carbonyl (C=O) groups excluding carboxylic acids is 2. The topological polar surface area (TPSA) is 101 Å². The monoisotopic (exact) mass is 384 g/mol. The molecule has 1 fully saturated rings. The van der Waals surface area contributed by atoms with Crippen LogP contribution in [0.5, 0.6) is 5.75 Å². The molecule has 0 saturated carbocycles. The van der Waals surface area contributed by atoms with E-state index in [0.29, 0.717) is 23.3 Å². The fourth-order valence-corrected chi connectivity index (χ4v) is 3.57. The summed E-state index contributed by atoms with van der Waals surface area (Å²) in [5.41, 5.74) is 0.693. The molecule has 2 amide bonds. The number of nitrogens with one attached hydrogen (secondary N) is 2. The predicted octanol–water partition coefficient (Wildman–Crippen LogP) is 1.04. The van der Waals surface area contributed by atoms with Crippen molar-refractivity contribution in [1.82, 2.24) is 20.1 Å². The summed E-state index contributed by atoms with van der Waals surface area (Å²) in [5.74, 6) is 1.83. The standard InChI is InChI=1S/C19H24N6O3/c1-24-19(22-18(23-24)13-6-9-20-10-7-13)21-16(26)8-11-25-14-4-2-3-5-15(14)28-12-17(25)27/h2-5,13,20H,6-12H2,1H3,(H,21,22,23,26). The molecule has 2 aromatic rings.